The molecule has 2 unspecified atom stereocenters. The first-order valence-electron chi connectivity index (χ1n) is 4.23. The van der Waals surface area contributed by atoms with Crippen molar-refractivity contribution in [1.29, 1.82) is 0 Å². The first kappa shape index (κ1) is 14.8. The Bertz CT molecular complexity index is 571. The minimum absolute atomic E-state index is 0.557. The van der Waals surface area contributed by atoms with E-state index in [0.29, 0.717) is 0 Å². The fraction of sp³-hybridized carbons (Fsp3) is 0.571. The Morgan fingerprint density at radius 3 is 2.44 bits per heavy atom. The molecule has 0 aromatic heterocycles. The monoisotopic (exact) mass is 302 g/mol. The minimum atomic E-state index is -4.70. The number of halogens is 1. The molecule has 0 bridgehead atoms. The lowest BCUT2D eigenvalue weighted by Gasteiger charge is -2.13. The summed E-state index contributed by atoms with van der Waals surface area (Å²) in [4.78, 5) is 11.2. The van der Waals surface area contributed by atoms with Gasteiger partial charge in [-0.2, -0.15) is 16.8 Å². The normalized spacial score (nSPS) is 29.8. The highest BCUT2D eigenvalue weighted by Crippen LogP contribution is 2.20. The van der Waals surface area contributed by atoms with Gasteiger partial charge in [0.1, 0.15) is 0 Å². The number of carbonyl (C=O) groups is 1. The van der Waals surface area contributed by atoms with Crippen LogP contribution in [0.3, 0.4) is 0 Å². The Morgan fingerprint density at radius 1 is 1.33 bits per heavy atom. The summed E-state index contributed by atoms with van der Waals surface area (Å²) >= 11 is 0. The predicted octanol–water partition coefficient (Wildman–Crippen LogP) is -1.51. The quantitative estimate of drug-likeness (QED) is 0.344. The van der Waals surface area contributed by atoms with Gasteiger partial charge in [0.2, 0.25) is 11.2 Å². The molecule has 102 valence electrons. The molecular formula is C7H7FO8S2. The van der Waals surface area contributed by atoms with Gasteiger partial charge in [-0.1, -0.05) is 5.92 Å². The van der Waals surface area contributed by atoms with Crippen LogP contribution in [0.2, 0.25) is 0 Å². The molecule has 0 saturated carbocycles. The lowest BCUT2D eigenvalue weighted by Crippen LogP contribution is -2.37. The molecule has 0 spiro atoms. The van der Waals surface area contributed by atoms with E-state index in [1.807, 2.05) is 5.92 Å². The summed E-state index contributed by atoms with van der Waals surface area (Å²) in [5.41, 5.74) is 0. The largest absolute Gasteiger partial charge is 0.450 e. The maximum Gasteiger partial charge on any atom is 0.343 e. The van der Waals surface area contributed by atoms with Crippen molar-refractivity contribution in [2.24, 2.45) is 0 Å². The molecule has 1 rings (SSSR count). The topological polar surface area (TPSA) is 113 Å². The molecule has 0 aromatic rings. The molecule has 0 radical (unpaired) electrons. The van der Waals surface area contributed by atoms with Crippen LogP contribution in [-0.2, 0) is 38.1 Å². The van der Waals surface area contributed by atoms with Crippen LogP contribution >= 0.6 is 0 Å². The van der Waals surface area contributed by atoms with Crippen LogP contribution < -0.4 is 0 Å². The maximum absolute atomic E-state index is 13.3. The Hall–Kier alpha value is -1.22. The third-order valence-electron chi connectivity index (χ3n) is 1.55. The molecule has 0 amide bonds. The summed E-state index contributed by atoms with van der Waals surface area (Å²) in [6, 6.07) is 0. The molecule has 1 aliphatic rings. The zero-order valence-electron chi connectivity index (χ0n) is 8.61. The number of terminal acetylenes is 1. The van der Waals surface area contributed by atoms with Gasteiger partial charge in [-0.05, 0) is 0 Å². The van der Waals surface area contributed by atoms with Crippen LogP contribution in [0.5, 0.6) is 0 Å². The van der Waals surface area contributed by atoms with Crippen LogP contribution in [0.15, 0.2) is 0 Å². The van der Waals surface area contributed by atoms with Crippen LogP contribution in [0, 0.1) is 12.3 Å². The third kappa shape index (κ3) is 3.91. The second-order valence-corrected chi connectivity index (χ2v) is 6.57. The van der Waals surface area contributed by atoms with Crippen molar-refractivity contribution in [3.05, 3.63) is 0 Å². The van der Waals surface area contributed by atoms with Crippen molar-refractivity contribution in [3.8, 4) is 12.3 Å². The van der Waals surface area contributed by atoms with E-state index in [9.17, 15) is 26.0 Å². The van der Waals surface area contributed by atoms with E-state index < -0.39 is 50.4 Å². The second kappa shape index (κ2) is 5.19. The zero-order valence-corrected chi connectivity index (χ0v) is 10.2. The van der Waals surface area contributed by atoms with Crippen molar-refractivity contribution in [2.75, 3.05) is 11.7 Å². The van der Waals surface area contributed by atoms with Gasteiger partial charge < -0.3 is 4.74 Å². The highest BCUT2D eigenvalue weighted by Gasteiger charge is 2.44. The lowest BCUT2D eigenvalue weighted by atomic mass is 10.4. The summed E-state index contributed by atoms with van der Waals surface area (Å²) in [6.45, 7) is -0.557. The van der Waals surface area contributed by atoms with Gasteiger partial charge in [0.15, 0.2) is 6.61 Å². The van der Waals surface area contributed by atoms with E-state index in [0.717, 1.165) is 0 Å². The Labute approximate surface area is 102 Å². The summed E-state index contributed by atoms with van der Waals surface area (Å²) in [6.07, 6.45) is -0.449. The second-order valence-electron chi connectivity index (χ2n) is 3.01. The standard InChI is InChI=1S/C7H7FO8S2/c1-2-3-14-7(9)5-6(8)16-18(12,13)4-17(10,11)15-5/h1,5-6H,3-4H2. The van der Waals surface area contributed by atoms with Gasteiger partial charge in [0.25, 0.3) is 26.6 Å². The van der Waals surface area contributed by atoms with Gasteiger partial charge in [-0.15, -0.1) is 6.42 Å². The van der Waals surface area contributed by atoms with Crippen molar-refractivity contribution >= 4 is 26.2 Å². The Balaban J connectivity index is 3.00. The fourth-order valence-corrected chi connectivity index (χ4v) is 3.69. The smallest absolute Gasteiger partial charge is 0.343 e. The lowest BCUT2D eigenvalue weighted by molar-refractivity contribution is -0.159. The molecule has 1 heterocycles. The SMILES string of the molecule is C#CCOC(=O)C1OS(=O)(=O)CS(=O)(=O)OC1F. The van der Waals surface area contributed by atoms with Gasteiger partial charge >= 0.3 is 5.97 Å². The summed E-state index contributed by atoms with van der Waals surface area (Å²) in [5.74, 6) is 0.390. The minimum Gasteiger partial charge on any atom is -0.450 e. The number of hydrogen-bond acceptors (Lipinski definition) is 8. The molecule has 0 aromatic carbocycles. The highest BCUT2D eigenvalue weighted by molar-refractivity contribution is 8.03. The summed E-state index contributed by atoms with van der Waals surface area (Å²) < 4.78 is 69.6. The van der Waals surface area contributed by atoms with Crippen molar-refractivity contribution < 1.29 is 39.1 Å². The molecule has 11 heteroatoms. The third-order valence-corrected chi connectivity index (χ3v) is 4.83. The number of rotatable bonds is 2. The molecule has 1 aliphatic heterocycles. The van der Waals surface area contributed by atoms with E-state index in [4.69, 9.17) is 6.42 Å². The van der Waals surface area contributed by atoms with Gasteiger partial charge in [-0.25, -0.2) is 17.6 Å². The Kier molecular flexibility index (Phi) is 4.28. The zero-order chi connectivity index (χ0) is 14.0. The van der Waals surface area contributed by atoms with Gasteiger partial charge in [-0.3, -0.25) is 0 Å². The predicted molar refractivity (Wildman–Crippen MR) is 53.4 cm³/mol. The Morgan fingerprint density at radius 2 is 1.89 bits per heavy atom. The molecule has 0 N–H and O–H groups in total. The van der Waals surface area contributed by atoms with E-state index in [1.54, 1.807) is 0 Å². The number of esters is 1. The summed E-state index contributed by atoms with van der Waals surface area (Å²) in [7, 11) is -9.38. The highest BCUT2D eigenvalue weighted by atomic mass is 32.3. The van der Waals surface area contributed by atoms with E-state index >= 15 is 0 Å². The number of ether oxygens (including phenoxy) is 1. The molecule has 0 aliphatic carbocycles. The van der Waals surface area contributed by atoms with Crippen molar-refractivity contribution in [2.45, 2.75) is 12.5 Å². The maximum atomic E-state index is 13.3. The number of carbonyl (C=O) groups excluding carboxylic acids is 1. The fourth-order valence-electron chi connectivity index (χ4n) is 0.966. The average molecular weight is 302 g/mol. The average Bonchev–Trinajstić information content (AvgIpc) is 2.27. The molecule has 1 fully saturated rings. The van der Waals surface area contributed by atoms with Crippen LogP contribution in [0.1, 0.15) is 0 Å². The number of hydrogen-bond donors (Lipinski definition) is 0. The van der Waals surface area contributed by atoms with Gasteiger partial charge in [0.05, 0.1) is 0 Å². The van der Waals surface area contributed by atoms with Crippen LogP contribution in [0.4, 0.5) is 4.39 Å². The first-order valence-corrected chi connectivity index (χ1v) is 7.38. The van der Waals surface area contributed by atoms with Crippen LogP contribution in [0.25, 0.3) is 0 Å². The summed E-state index contributed by atoms with van der Waals surface area (Å²) in [5, 5.41) is -1.60. The molecular weight excluding hydrogens is 295 g/mol. The molecule has 1 saturated heterocycles. The van der Waals surface area contributed by atoms with Crippen molar-refractivity contribution in [3.63, 3.8) is 0 Å². The molecule has 2 atom stereocenters. The first-order chi connectivity index (χ1) is 8.17. The van der Waals surface area contributed by atoms with Crippen molar-refractivity contribution in [1.82, 2.24) is 0 Å². The number of alkyl halides is 1. The van der Waals surface area contributed by atoms with E-state index in [-0.39, 0.29) is 0 Å². The van der Waals surface area contributed by atoms with Crippen LogP contribution in [-0.4, -0.2) is 47.0 Å². The van der Waals surface area contributed by atoms with Gasteiger partial charge in [0, 0.05) is 0 Å². The van der Waals surface area contributed by atoms with E-state index in [2.05, 4.69) is 13.1 Å². The van der Waals surface area contributed by atoms with E-state index in [1.165, 1.54) is 0 Å². The molecule has 8 nitrogen and oxygen atoms in total. The molecule has 18 heavy (non-hydrogen) atoms.